The SMILES string of the molecule is CCOC(=O)CN(CC(=O)OCC)C(=O)c1ccc(-c2nc(C(Cl)(Cl)Cl)nc(C(Cl)(Cl)Cl)n2)c(F)c1. The number of benzene rings is 1. The molecule has 0 saturated carbocycles. The van der Waals surface area contributed by atoms with Crippen LogP contribution < -0.4 is 0 Å². The number of nitrogens with zero attached hydrogens (tertiary/aromatic N) is 4. The Morgan fingerprint density at radius 2 is 1.33 bits per heavy atom. The van der Waals surface area contributed by atoms with Crippen LogP contribution in [0.3, 0.4) is 0 Å². The van der Waals surface area contributed by atoms with Gasteiger partial charge in [-0.1, -0.05) is 69.6 Å². The van der Waals surface area contributed by atoms with Crippen LogP contribution >= 0.6 is 69.6 Å². The maximum Gasteiger partial charge on any atom is 0.325 e. The molecular weight excluding hydrogens is 608 g/mol. The molecule has 36 heavy (non-hydrogen) atoms. The minimum atomic E-state index is -2.16. The normalized spacial score (nSPS) is 11.7. The molecule has 16 heteroatoms. The molecule has 0 bridgehead atoms. The summed E-state index contributed by atoms with van der Waals surface area (Å²) in [4.78, 5) is 49.4. The molecule has 2 rings (SSSR count). The molecule has 1 amide bonds. The highest BCUT2D eigenvalue weighted by molar-refractivity contribution is 6.67. The Bertz CT molecular complexity index is 1090. The number of carbonyl (C=O) groups is 3. The van der Waals surface area contributed by atoms with Crippen molar-refractivity contribution in [2.75, 3.05) is 26.3 Å². The first-order valence-electron chi connectivity index (χ1n) is 9.98. The second kappa shape index (κ2) is 12.7. The van der Waals surface area contributed by atoms with Gasteiger partial charge < -0.3 is 14.4 Å². The van der Waals surface area contributed by atoms with Gasteiger partial charge >= 0.3 is 11.9 Å². The molecule has 1 aromatic heterocycles. The van der Waals surface area contributed by atoms with E-state index >= 15 is 4.39 Å². The minimum Gasteiger partial charge on any atom is -0.465 e. The molecule has 0 aliphatic rings. The lowest BCUT2D eigenvalue weighted by molar-refractivity contribution is -0.147. The highest BCUT2D eigenvalue weighted by Gasteiger charge is 2.34. The van der Waals surface area contributed by atoms with E-state index in [1.807, 2.05) is 0 Å². The second-order valence-electron chi connectivity index (χ2n) is 6.77. The number of hydrogen-bond acceptors (Lipinski definition) is 8. The van der Waals surface area contributed by atoms with Crippen LogP contribution in [0.5, 0.6) is 0 Å². The third kappa shape index (κ3) is 8.43. The number of hydrogen-bond donors (Lipinski definition) is 0. The first kappa shape index (κ1) is 30.5. The molecule has 0 atom stereocenters. The van der Waals surface area contributed by atoms with E-state index < -0.39 is 56.0 Å². The van der Waals surface area contributed by atoms with Crippen molar-refractivity contribution < 1.29 is 28.2 Å². The summed E-state index contributed by atoms with van der Waals surface area (Å²) in [6, 6.07) is 3.20. The quantitative estimate of drug-likeness (QED) is 0.301. The monoisotopic (exact) mass is 622 g/mol. The molecular formula is C20H17Cl6FN4O5. The molecule has 0 N–H and O–H groups in total. The topological polar surface area (TPSA) is 112 Å². The van der Waals surface area contributed by atoms with E-state index in [4.69, 9.17) is 79.1 Å². The zero-order chi connectivity index (χ0) is 27.3. The highest BCUT2D eigenvalue weighted by Crippen LogP contribution is 2.41. The average molecular weight is 625 g/mol. The molecule has 0 aliphatic carbocycles. The molecule has 0 radical (unpaired) electrons. The minimum absolute atomic E-state index is 0.0574. The fraction of sp³-hybridized carbons (Fsp3) is 0.400. The van der Waals surface area contributed by atoms with Crippen molar-refractivity contribution in [1.82, 2.24) is 19.9 Å². The van der Waals surface area contributed by atoms with Gasteiger partial charge in [-0.3, -0.25) is 14.4 Å². The number of aromatic nitrogens is 3. The molecule has 1 heterocycles. The molecule has 2 aromatic rings. The van der Waals surface area contributed by atoms with Crippen molar-refractivity contribution in [1.29, 1.82) is 0 Å². The van der Waals surface area contributed by atoms with Crippen LogP contribution in [0.1, 0.15) is 35.9 Å². The lowest BCUT2D eigenvalue weighted by Crippen LogP contribution is -2.40. The largest absolute Gasteiger partial charge is 0.465 e. The summed E-state index contributed by atoms with van der Waals surface area (Å²) < 4.78 is 20.5. The maximum atomic E-state index is 15.1. The van der Waals surface area contributed by atoms with Crippen LogP contribution in [0.25, 0.3) is 11.4 Å². The number of esters is 2. The fourth-order valence-corrected chi connectivity index (χ4v) is 3.19. The van der Waals surface area contributed by atoms with Gasteiger partial charge in [-0.05, 0) is 32.0 Å². The van der Waals surface area contributed by atoms with Crippen molar-refractivity contribution in [3.63, 3.8) is 0 Å². The number of alkyl halides is 6. The predicted octanol–water partition coefficient (Wildman–Crippen LogP) is 4.90. The molecule has 0 unspecified atom stereocenters. The summed E-state index contributed by atoms with van der Waals surface area (Å²) in [7, 11) is 0. The Labute approximate surface area is 235 Å². The Morgan fingerprint density at radius 3 is 1.72 bits per heavy atom. The van der Waals surface area contributed by atoms with E-state index in [0.717, 1.165) is 17.0 Å². The molecule has 196 valence electrons. The lowest BCUT2D eigenvalue weighted by atomic mass is 10.1. The van der Waals surface area contributed by atoms with E-state index in [1.54, 1.807) is 13.8 Å². The first-order chi connectivity index (χ1) is 16.7. The highest BCUT2D eigenvalue weighted by atomic mass is 35.6. The van der Waals surface area contributed by atoms with Crippen LogP contribution in [-0.2, 0) is 26.6 Å². The Morgan fingerprint density at radius 1 is 0.861 bits per heavy atom. The third-order valence-corrected chi connectivity index (χ3v) is 5.15. The van der Waals surface area contributed by atoms with Gasteiger partial charge in [0.15, 0.2) is 17.5 Å². The summed E-state index contributed by atoms with van der Waals surface area (Å²) in [5, 5.41) is 0. The molecule has 0 aliphatic heterocycles. The van der Waals surface area contributed by atoms with Crippen LogP contribution in [-0.4, -0.2) is 64.0 Å². The summed E-state index contributed by atoms with van der Waals surface area (Å²) in [6.45, 7) is 2.13. The summed E-state index contributed by atoms with van der Waals surface area (Å²) in [5.41, 5.74) is -0.454. The molecule has 1 aromatic carbocycles. The predicted molar refractivity (Wildman–Crippen MR) is 133 cm³/mol. The van der Waals surface area contributed by atoms with Gasteiger partial charge in [-0.2, -0.15) is 0 Å². The Balaban J connectivity index is 2.47. The number of amides is 1. The standard InChI is InChI=1S/C20H17Cl6FN4O5/c1-3-35-13(32)8-31(9-14(33)36-4-2)16(34)10-5-6-11(12(27)7-10)15-28-17(19(21,22)23)30-18(29-15)20(24,25)26/h5-7H,3-4,8-9H2,1-2H3. The van der Waals surface area contributed by atoms with Crippen molar-refractivity contribution in [2.24, 2.45) is 0 Å². The van der Waals surface area contributed by atoms with Gasteiger partial charge in [0.05, 0.1) is 18.8 Å². The van der Waals surface area contributed by atoms with Gasteiger partial charge in [0.1, 0.15) is 18.9 Å². The van der Waals surface area contributed by atoms with E-state index in [1.165, 1.54) is 6.07 Å². The van der Waals surface area contributed by atoms with E-state index in [9.17, 15) is 14.4 Å². The second-order valence-corrected chi connectivity index (χ2v) is 11.3. The summed E-state index contributed by atoms with van der Waals surface area (Å²) in [6.07, 6.45) is 0. The summed E-state index contributed by atoms with van der Waals surface area (Å²) in [5.74, 6) is -4.58. The van der Waals surface area contributed by atoms with Gasteiger partial charge in [-0.15, -0.1) is 0 Å². The van der Waals surface area contributed by atoms with Crippen molar-refractivity contribution in [3.8, 4) is 11.4 Å². The molecule has 0 fully saturated rings. The van der Waals surface area contributed by atoms with Gasteiger partial charge in [0, 0.05) is 5.56 Å². The van der Waals surface area contributed by atoms with Gasteiger partial charge in [0.25, 0.3) is 5.91 Å². The molecule has 0 spiro atoms. The maximum absolute atomic E-state index is 15.1. The zero-order valence-corrected chi connectivity index (χ0v) is 23.1. The number of carbonyl (C=O) groups excluding carboxylic acids is 3. The number of rotatable bonds is 8. The number of ether oxygens (including phenoxy) is 2. The first-order valence-corrected chi connectivity index (χ1v) is 12.2. The van der Waals surface area contributed by atoms with Crippen LogP contribution in [0.15, 0.2) is 18.2 Å². The Kier molecular flexibility index (Phi) is 10.8. The van der Waals surface area contributed by atoms with Gasteiger partial charge in [0.2, 0.25) is 7.59 Å². The average Bonchev–Trinajstić information content (AvgIpc) is 2.77. The van der Waals surface area contributed by atoms with E-state index in [2.05, 4.69) is 15.0 Å². The van der Waals surface area contributed by atoms with Crippen molar-refractivity contribution >= 4 is 87.5 Å². The third-order valence-electron chi connectivity index (χ3n) is 4.14. The summed E-state index contributed by atoms with van der Waals surface area (Å²) >= 11 is 35.0. The van der Waals surface area contributed by atoms with Gasteiger partial charge in [-0.25, -0.2) is 19.3 Å². The smallest absolute Gasteiger partial charge is 0.325 e. The zero-order valence-electron chi connectivity index (χ0n) is 18.5. The number of halogens is 7. The Hall–Kier alpha value is -1.69. The van der Waals surface area contributed by atoms with E-state index in [-0.39, 0.29) is 30.2 Å². The van der Waals surface area contributed by atoms with Crippen LogP contribution in [0.2, 0.25) is 0 Å². The van der Waals surface area contributed by atoms with Crippen LogP contribution in [0, 0.1) is 5.82 Å². The van der Waals surface area contributed by atoms with Crippen molar-refractivity contribution in [3.05, 3.63) is 41.2 Å². The lowest BCUT2D eigenvalue weighted by Gasteiger charge is -2.21. The molecule has 0 saturated heterocycles. The van der Waals surface area contributed by atoms with E-state index in [0.29, 0.717) is 0 Å². The molecule has 9 nitrogen and oxygen atoms in total. The van der Waals surface area contributed by atoms with Crippen molar-refractivity contribution in [2.45, 2.75) is 21.4 Å². The van der Waals surface area contributed by atoms with Crippen LogP contribution in [0.4, 0.5) is 4.39 Å². The fourth-order valence-electron chi connectivity index (χ4n) is 2.69.